The van der Waals surface area contributed by atoms with E-state index in [0.29, 0.717) is 0 Å². The molecular formula is C12H6N4O8S2. The van der Waals surface area contributed by atoms with Crippen molar-refractivity contribution >= 4 is 44.3 Å². The van der Waals surface area contributed by atoms with E-state index in [2.05, 4.69) is 0 Å². The number of nitrogens with zero attached hydrogens (tertiary/aromatic N) is 4. The Morgan fingerprint density at radius 2 is 0.731 bits per heavy atom. The highest BCUT2D eigenvalue weighted by Crippen LogP contribution is 2.42. The van der Waals surface area contributed by atoms with Gasteiger partial charge in [0.1, 0.15) is 0 Å². The molecule has 12 nitrogen and oxygen atoms in total. The Labute approximate surface area is 151 Å². The van der Waals surface area contributed by atoms with Crippen LogP contribution in [0.2, 0.25) is 0 Å². The predicted octanol–water partition coefficient (Wildman–Crippen LogP) is 4.12. The second-order valence-corrected chi connectivity index (χ2v) is 6.84. The Morgan fingerprint density at radius 1 is 0.500 bits per heavy atom. The van der Waals surface area contributed by atoms with Crippen molar-refractivity contribution in [3.8, 4) is 0 Å². The standard InChI is InChI=1S/C12H6N4O8S2/c17-13(18)7-1-8(14(19)20)4-11(3-7)25-26-12-5-9(15(21)22)2-10(6-12)16(23)24/h1-6H. The lowest BCUT2D eigenvalue weighted by molar-refractivity contribution is -0.394. The van der Waals surface area contributed by atoms with E-state index in [1.54, 1.807) is 0 Å². The normalized spacial score (nSPS) is 10.3. The van der Waals surface area contributed by atoms with Crippen LogP contribution in [0.1, 0.15) is 0 Å². The summed E-state index contributed by atoms with van der Waals surface area (Å²) in [6.45, 7) is 0. The Morgan fingerprint density at radius 3 is 0.923 bits per heavy atom. The molecule has 2 rings (SSSR count). The Bertz CT molecular complexity index is 795. The van der Waals surface area contributed by atoms with Gasteiger partial charge >= 0.3 is 0 Å². The van der Waals surface area contributed by atoms with Crippen molar-refractivity contribution < 1.29 is 19.7 Å². The topological polar surface area (TPSA) is 173 Å². The van der Waals surface area contributed by atoms with Crippen molar-refractivity contribution in [3.63, 3.8) is 0 Å². The molecule has 0 unspecified atom stereocenters. The first kappa shape index (κ1) is 19.1. The molecule has 0 heterocycles. The lowest BCUT2D eigenvalue weighted by Gasteiger charge is -2.03. The van der Waals surface area contributed by atoms with E-state index in [9.17, 15) is 40.5 Å². The average molecular weight is 398 g/mol. The zero-order valence-electron chi connectivity index (χ0n) is 12.3. The fourth-order valence-corrected chi connectivity index (χ4v) is 3.77. The molecule has 2 aromatic rings. The molecule has 0 atom stereocenters. The van der Waals surface area contributed by atoms with E-state index < -0.39 is 42.4 Å². The largest absolute Gasteiger partial charge is 0.277 e. The number of hydrogen-bond donors (Lipinski definition) is 0. The van der Waals surface area contributed by atoms with Crippen LogP contribution in [0.15, 0.2) is 46.2 Å². The summed E-state index contributed by atoms with van der Waals surface area (Å²) in [6.07, 6.45) is 0. The highest BCUT2D eigenvalue weighted by molar-refractivity contribution is 8.76. The van der Waals surface area contributed by atoms with Crippen LogP contribution in [0.3, 0.4) is 0 Å². The van der Waals surface area contributed by atoms with Crippen molar-refractivity contribution in [1.82, 2.24) is 0 Å². The van der Waals surface area contributed by atoms with Crippen LogP contribution in [-0.2, 0) is 0 Å². The molecule has 14 heteroatoms. The van der Waals surface area contributed by atoms with Gasteiger partial charge in [-0.2, -0.15) is 0 Å². The van der Waals surface area contributed by atoms with Gasteiger partial charge in [0.15, 0.2) is 0 Å². The molecule has 0 bridgehead atoms. The number of hydrogen-bond acceptors (Lipinski definition) is 10. The molecule has 0 amide bonds. The van der Waals surface area contributed by atoms with Gasteiger partial charge in [0, 0.05) is 34.1 Å². The summed E-state index contributed by atoms with van der Waals surface area (Å²) < 4.78 is 0. The molecule has 26 heavy (non-hydrogen) atoms. The molecule has 0 aliphatic rings. The molecule has 0 N–H and O–H groups in total. The minimum absolute atomic E-state index is 0.144. The summed E-state index contributed by atoms with van der Waals surface area (Å²) >= 11 is 0. The third kappa shape index (κ3) is 4.64. The van der Waals surface area contributed by atoms with Gasteiger partial charge in [0.05, 0.1) is 31.8 Å². The van der Waals surface area contributed by atoms with Gasteiger partial charge in [0.25, 0.3) is 22.7 Å². The van der Waals surface area contributed by atoms with Crippen molar-refractivity contribution in [2.24, 2.45) is 0 Å². The maximum atomic E-state index is 10.9. The first-order valence-electron chi connectivity index (χ1n) is 6.39. The van der Waals surface area contributed by atoms with Gasteiger partial charge in [-0.1, -0.05) is 21.6 Å². The third-order valence-corrected chi connectivity index (χ3v) is 5.17. The molecular weight excluding hydrogens is 392 g/mol. The van der Waals surface area contributed by atoms with Gasteiger partial charge in [-0.25, -0.2) is 0 Å². The summed E-state index contributed by atoms with van der Waals surface area (Å²) in [6, 6.07) is 5.97. The lowest BCUT2D eigenvalue weighted by atomic mass is 10.3. The van der Waals surface area contributed by atoms with Gasteiger partial charge in [-0.3, -0.25) is 40.5 Å². The Kier molecular flexibility index (Phi) is 5.68. The van der Waals surface area contributed by atoms with Gasteiger partial charge in [0.2, 0.25) is 0 Å². The summed E-state index contributed by atoms with van der Waals surface area (Å²) in [4.78, 5) is 40.6. The molecule has 0 aromatic heterocycles. The minimum atomic E-state index is -0.792. The van der Waals surface area contributed by atoms with E-state index in [-0.39, 0.29) is 9.79 Å². The lowest BCUT2D eigenvalue weighted by Crippen LogP contribution is -1.93. The Balaban J connectivity index is 2.33. The van der Waals surface area contributed by atoms with Crippen molar-refractivity contribution in [3.05, 3.63) is 76.9 Å². The number of nitro benzene ring substituents is 4. The molecule has 2 aromatic carbocycles. The van der Waals surface area contributed by atoms with Crippen LogP contribution < -0.4 is 0 Å². The maximum Gasteiger partial charge on any atom is 0.277 e. The third-order valence-electron chi connectivity index (χ3n) is 2.83. The van der Waals surface area contributed by atoms with E-state index in [0.717, 1.165) is 58.0 Å². The zero-order valence-corrected chi connectivity index (χ0v) is 14.0. The number of rotatable bonds is 7. The first-order valence-corrected chi connectivity index (χ1v) is 8.54. The van der Waals surface area contributed by atoms with Crippen molar-refractivity contribution in [1.29, 1.82) is 0 Å². The second-order valence-electron chi connectivity index (χ2n) is 4.57. The van der Waals surface area contributed by atoms with E-state index in [1.165, 1.54) is 0 Å². The van der Waals surface area contributed by atoms with E-state index in [1.807, 2.05) is 0 Å². The van der Waals surface area contributed by atoms with Gasteiger partial charge in [-0.05, 0) is 0 Å². The van der Waals surface area contributed by atoms with E-state index in [4.69, 9.17) is 0 Å². The fourth-order valence-electron chi connectivity index (χ4n) is 1.75. The van der Waals surface area contributed by atoms with Crippen molar-refractivity contribution in [2.75, 3.05) is 0 Å². The number of benzene rings is 2. The highest BCUT2D eigenvalue weighted by Gasteiger charge is 2.19. The molecule has 0 aliphatic carbocycles. The molecule has 0 aliphatic heterocycles. The summed E-state index contributed by atoms with van der Waals surface area (Å²) in [5, 5.41) is 43.4. The summed E-state index contributed by atoms with van der Waals surface area (Å²) in [5.74, 6) is 0. The monoisotopic (exact) mass is 398 g/mol. The smallest absolute Gasteiger partial charge is 0.258 e. The quantitative estimate of drug-likeness (QED) is 0.375. The number of non-ortho nitro benzene ring substituents is 4. The zero-order chi connectivity index (χ0) is 19.4. The summed E-state index contributed by atoms with van der Waals surface area (Å²) in [5.41, 5.74) is -1.97. The average Bonchev–Trinajstić information content (AvgIpc) is 2.59. The molecule has 0 fully saturated rings. The van der Waals surface area contributed by atoms with Crippen molar-refractivity contribution in [2.45, 2.75) is 9.79 Å². The van der Waals surface area contributed by atoms with Gasteiger partial charge in [-0.15, -0.1) is 0 Å². The van der Waals surface area contributed by atoms with Crippen LogP contribution in [0, 0.1) is 40.5 Å². The first-order chi connectivity index (χ1) is 12.2. The molecule has 0 spiro atoms. The second kappa shape index (κ2) is 7.75. The summed E-state index contributed by atoms with van der Waals surface area (Å²) in [7, 11) is 1.68. The fraction of sp³-hybridized carbons (Fsp3) is 0. The van der Waals surface area contributed by atoms with Crippen LogP contribution in [0.4, 0.5) is 22.7 Å². The minimum Gasteiger partial charge on any atom is -0.258 e. The van der Waals surface area contributed by atoms with E-state index >= 15 is 0 Å². The number of nitro groups is 4. The molecule has 0 saturated carbocycles. The molecule has 0 radical (unpaired) electrons. The SMILES string of the molecule is O=[N+]([O-])c1cc(SSc2cc([N+](=O)[O-])cc([N+](=O)[O-])c2)cc([N+](=O)[O-])c1. The molecule has 0 saturated heterocycles. The van der Waals surface area contributed by atoms with Crippen LogP contribution in [0.5, 0.6) is 0 Å². The predicted molar refractivity (Wildman–Crippen MR) is 91.2 cm³/mol. The van der Waals surface area contributed by atoms with Crippen LogP contribution in [-0.4, -0.2) is 19.7 Å². The molecule has 134 valence electrons. The van der Waals surface area contributed by atoms with Crippen LogP contribution >= 0.6 is 21.6 Å². The van der Waals surface area contributed by atoms with Crippen LogP contribution in [0.25, 0.3) is 0 Å². The maximum absolute atomic E-state index is 10.9. The van der Waals surface area contributed by atoms with Gasteiger partial charge < -0.3 is 0 Å². The highest BCUT2D eigenvalue weighted by atomic mass is 33.1. The Hall–Kier alpha value is -3.26.